The Morgan fingerprint density at radius 2 is 1.96 bits per heavy atom. The number of nitrogens with two attached hydrogens (primary N) is 1. The Balaban J connectivity index is 0.00000576. The molecule has 1 aromatic carbocycles. The van der Waals surface area contributed by atoms with Gasteiger partial charge in [0, 0.05) is 18.3 Å². The Labute approximate surface area is 166 Å². The molecule has 0 radical (unpaired) electrons. The number of methoxy groups -OCH3 is 1. The Kier molecular flexibility index (Phi) is 10.3. The second kappa shape index (κ2) is 11.0. The minimum Gasteiger partial charge on any atom is -0.493 e. The number of hydrogen-bond acceptors (Lipinski definition) is 4. The molecule has 8 heteroatoms. The monoisotopic (exact) mass is 464 g/mol. The molecule has 7 nitrogen and oxygen atoms in total. The standard InChI is InChI=1S/C17H28N4O3.HI/c1-6-19-16(20-11-17(3,4)15(18)22)21-12-8-9-13(24-7-2)14(10-12)23-5;/h8-10H,6-7,11H2,1-5H3,(H2,18,22)(H2,19,20,21);1H. The van der Waals surface area contributed by atoms with Crippen molar-refractivity contribution in [3.05, 3.63) is 18.2 Å². The van der Waals surface area contributed by atoms with E-state index >= 15 is 0 Å². The van der Waals surface area contributed by atoms with Gasteiger partial charge in [-0.1, -0.05) is 0 Å². The molecular formula is C17H29IN4O3. The second-order valence-corrected chi connectivity index (χ2v) is 5.87. The fourth-order valence-corrected chi connectivity index (χ4v) is 1.82. The van der Waals surface area contributed by atoms with Gasteiger partial charge in [0.2, 0.25) is 5.91 Å². The van der Waals surface area contributed by atoms with E-state index < -0.39 is 5.41 Å². The predicted molar refractivity (Wildman–Crippen MR) is 112 cm³/mol. The summed E-state index contributed by atoms with van der Waals surface area (Å²) in [6, 6.07) is 5.54. The smallest absolute Gasteiger partial charge is 0.224 e. The molecule has 0 heterocycles. The van der Waals surface area contributed by atoms with Gasteiger partial charge < -0.3 is 25.8 Å². The van der Waals surface area contributed by atoms with Crippen molar-refractivity contribution in [1.29, 1.82) is 0 Å². The van der Waals surface area contributed by atoms with Gasteiger partial charge in [-0.2, -0.15) is 0 Å². The van der Waals surface area contributed by atoms with Gasteiger partial charge in [0.25, 0.3) is 0 Å². The number of nitrogens with one attached hydrogen (secondary N) is 2. The zero-order valence-corrected chi connectivity index (χ0v) is 17.8. The summed E-state index contributed by atoms with van der Waals surface area (Å²) >= 11 is 0. The van der Waals surface area contributed by atoms with Gasteiger partial charge in [0.1, 0.15) is 0 Å². The van der Waals surface area contributed by atoms with E-state index in [-0.39, 0.29) is 36.4 Å². The van der Waals surface area contributed by atoms with E-state index in [0.717, 1.165) is 5.69 Å². The van der Waals surface area contributed by atoms with E-state index in [4.69, 9.17) is 15.2 Å². The molecule has 0 saturated carbocycles. The number of anilines is 1. The summed E-state index contributed by atoms with van der Waals surface area (Å²) in [6.07, 6.45) is 0. The Bertz CT molecular complexity index is 591. The van der Waals surface area contributed by atoms with Crippen molar-refractivity contribution in [2.24, 2.45) is 16.1 Å². The van der Waals surface area contributed by atoms with Crippen LogP contribution < -0.4 is 25.8 Å². The lowest BCUT2D eigenvalue weighted by Gasteiger charge is -2.19. The Hall–Kier alpha value is -1.71. The highest BCUT2D eigenvalue weighted by Gasteiger charge is 2.24. The lowest BCUT2D eigenvalue weighted by molar-refractivity contribution is -0.125. The molecule has 0 spiro atoms. The normalized spacial score (nSPS) is 11.3. The highest BCUT2D eigenvalue weighted by Crippen LogP contribution is 2.30. The van der Waals surface area contributed by atoms with E-state index in [1.807, 2.05) is 32.0 Å². The van der Waals surface area contributed by atoms with Crippen molar-refractivity contribution in [2.75, 3.05) is 32.1 Å². The number of amides is 1. The van der Waals surface area contributed by atoms with E-state index in [1.165, 1.54) is 0 Å². The number of aliphatic imine (C=N–C) groups is 1. The number of hydrogen-bond donors (Lipinski definition) is 3. The number of ether oxygens (including phenoxy) is 2. The maximum absolute atomic E-state index is 11.4. The van der Waals surface area contributed by atoms with Crippen molar-refractivity contribution in [3.8, 4) is 11.5 Å². The minimum absolute atomic E-state index is 0. The molecule has 0 aliphatic carbocycles. The third-order valence-corrected chi connectivity index (χ3v) is 3.37. The van der Waals surface area contributed by atoms with Crippen molar-refractivity contribution in [2.45, 2.75) is 27.7 Å². The zero-order valence-electron chi connectivity index (χ0n) is 15.5. The molecule has 0 atom stereocenters. The van der Waals surface area contributed by atoms with Crippen molar-refractivity contribution >= 4 is 41.5 Å². The number of nitrogens with zero attached hydrogens (tertiary/aromatic N) is 1. The number of primary amides is 1. The largest absolute Gasteiger partial charge is 0.493 e. The quantitative estimate of drug-likeness (QED) is 0.312. The van der Waals surface area contributed by atoms with Gasteiger partial charge in [0.05, 0.1) is 25.7 Å². The molecule has 0 aliphatic heterocycles. The number of halogens is 1. The first-order valence-corrected chi connectivity index (χ1v) is 8.00. The van der Waals surface area contributed by atoms with Gasteiger partial charge in [-0.05, 0) is 39.8 Å². The van der Waals surface area contributed by atoms with Crippen LogP contribution in [0, 0.1) is 5.41 Å². The summed E-state index contributed by atoms with van der Waals surface area (Å²) in [5.41, 5.74) is 5.48. The van der Waals surface area contributed by atoms with Gasteiger partial charge >= 0.3 is 0 Å². The number of guanidine groups is 1. The van der Waals surface area contributed by atoms with E-state index in [2.05, 4.69) is 15.6 Å². The average Bonchev–Trinajstić information content (AvgIpc) is 2.54. The first-order valence-electron chi connectivity index (χ1n) is 8.00. The summed E-state index contributed by atoms with van der Waals surface area (Å²) in [5, 5.41) is 6.32. The predicted octanol–water partition coefficient (Wildman–Crippen LogP) is 2.60. The van der Waals surface area contributed by atoms with E-state index in [0.29, 0.717) is 30.6 Å². The second-order valence-electron chi connectivity index (χ2n) is 5.87. The highest BCUT2D eigenvalue weighted by atomic mass is 127. The first kappa shape index (κ1) is 23.3. The van der Waals surface area contributed by atoms with Gasteiger partial charge in [0.15, 0.2) is 17.5 Å². The minimum atomic E-state index is -0.709. The van der Waals surface area contributed by atoms with Gasteiger partial charge in [-0.25, -0.2) is 0 Å². The van der Waals surface area contributed by atoms with Crippen LogP contribution in [0.2, 0.25) is 0 Å². The molecule has 0 bridgehead atoms. The first-order chi connectivity index (χ1) is 11.3. The van der Waals surface area contributed by atoms with Crippen LogP contribution >= 0.6 is 24.0 Å². The van der Waals surface area contributed by atoms with Crippen LogP contribution in [0.1, 0.15) is 27.7 Å². The molecule has 1 aromatic rings. The summed E-state index contributed by atoms with van der Waals surface area (Å²) < 4.78 is 10.8. The topological polar surface area (TPSA) is 98.0 Å². The molecule has 1 rings (SSSR count). The van der Waals surface area contributed by atoms with Crippen LogP contribution in [0.3, 0.4) is 0 Å². The zero-order chi connectivity index (χ0) is 18.2. The maximum Gasteiger partial charge on any atom is 0.224 e. The molecule has 25 heavy (non-hydrogen) atoms. The molecule has 1 amide bonds. The van der Waals surface area contributed by atoms with E-state index in [9.17, 15) is 4.79 Å². The molecular weight excluding hydrogens is 435 g/mol. The SMILES string of the molecule is CCNC(=NCC(C)(C)C(N)=O)Nc1ccc(OCC)c(OC)c1.I. The summed E-state index contributed by atoms with van der Waals surface area (Å²) in [7, 11) is 1.59. The summed E-state index contributed by atoms with van der Waals surface area (Å²) in [4.78, 5) is 15.9. The average molecular weight is 464 g/mol. The number of benzene rings is 1. The number of carbonyl (C=O) groups is 1. The molecule has 0 aromatic heterocycles. The molecule has 4 N–H and O–H groups in total. The number of carbonyl (C=O) groups excluding carboxylic acids is 1. The highest BCUT2D eigenvalue weighted by molar-refractivity contribution is 14.0. The maximum atomic E-state index is 11.4. The lowest BCUT2D eigenvalue weighted by atomic mass is 9.93. The molecule has 0 unspecified atom stereocenters. The van der Waals surface area contributed by atoms with Crippen LogP contribution in [0.5, 0.6) is 11.5 Å². The van der Waals surface area contributed by atoms with Crippen molar-refractivity contribution in [3.63, 3.8) is 0 Å². The third-order valence-electron chi connectivity index (χ3n) is 3.37. The fraction of sp³-hybridized carbons (Fsp3) is 0.529. The van der Waals surface area contributed by atoms with Crippen LogP contribution in [0.15, 0.2) is 23.2 Å². The van der Waals surface area contributed by atoms with E-state index in [1.54, 1.807) is 21.0 Å². The van der Waals surface area contributed by atoms with Gasteiger partial charge in [-0.3, -0.25) is 9.79 Å². The van der Waals surface area contributed by atoms with Crippen LogP contribution in [0.25, 0.3) is 0 Å². The van der Waals surface area contributed by atoms with Crippen LogP contribution in [0.4, 0.5) is 5.69 Å². The van der Waals surface area contributed by atoms with Crippen LogP contribution in [-0.2, 0) is 4.79 Å². The molecule has 0 fully saturated rings. The van der Waals surface area contributed by atoms with Crippen molar-refractivity contribution in [1.82, 2.24) is 5.32 Å². The molecule has 0 aliphatic rings. The van der Waals surface area contributed by atoms with Crippen LogP contribution in [-0.4, -0.2) is 38.7 Å². The summed E-state index contributed by atoms with van der Waals surface area (Å²) in [6.45, 7) is 8.96. The Morgan fingerprint density at radius 3 is 2.48 bits per heavy atom. The molecule has 0 saturated heterocycles. The Morgan fingerprint density at radius 1 is 1.28 bits per heavy atom. The molecule has 142 valence electrons. The fourth-order valence-electron chi connectivity index (χ4n) is 1.82. The van der Waals surface area contributed by atoms with Gasteiger partial charge in [-0.15, -0.1) is 24.0 Å². The third kappa shape index (κ3) is 7.37. The lowest BCUT2D eigenvalue weighted by Crippen LogP contribution is -2.37. The number of rotatable bonds is 8. The van der Waals surface area contributed by atoms with Crippen molar-refractivity contribution < 1.29 is 14.3 Å². The summed E-state index contributed by atoms with van der Waals surface area (Å²) in [5.74, 6) is 1.50.